The van der Waals surface area contributed by atoms with Crippen LogP contribution in [-0.2, 0) is 4.79 Å². The molecule has 0 saturated heterocycles. The van der Waals surface area contributed by atoms with E-state index in [9.17, 15) is 4.79 Å². The molecule has 0 aromatic carbocycles. The number of carbonyl (C=O) groups excluding carboxylic acids is 1. The van der Waals surface area contributed by atoms with Crippen molar-refractivity contribution in [3.63, 3.8) is 0 Å². The molecule has 0 fully saturated rings. The SMILES string of the molecule is COc1ccc2c(n1)N(C)C(=O)CO2. The molecular weight excluding hydrogens is 184 g/mol. The van der Waals surface area contributed by atoms with E-state index < -0.39 is 0 Å². The molecule has 0 saturated carbocycles. The molecule has 2 rings (SSSR count). The van der Waals surface area contributed by atoms with Gasteiger partial charge in [0.2, 0.25) is 5.88 Å². The predicted octanol–water partition coefficient (Wildman–Crippen LogP) is 0.445. The molecule has 1 aromatic heterocycles. The van der Waals surface area contributed by atoms with Gasteiger partial charge in [-0.05, 0) is 6.07 Å². The van der Waals surface area contributed by atoms with E-state index in [0.29, 0.717) is 17.4 Å². The Morgan fingerprint density at radius 2 is 2.36 bits per heavy atom. The highest BCUT2D eigenvalue weighted by atomic mass is 16.5. The Hall–Kier alpha value is -1.78. The number of amides is 1. The molecule has 0 unspecified atom stereocenters. The molecular formula is C9H10N2O3. The monoisotopic (exact) mass is 194 g/mol. The quantitative estimate of drug-likeness (QED) is 0.651. The van der Waals surface area contributed by atoms with Gasteiger partial charge in [-0.2, -0.15) is 4.98 Å². The van der Waals surface area contributed by atoms with Crippen LogP contribution in [0, 0.1) is 0 Å². The summed E-state index contributed by atoms with van der Waals surface area (Å²) in [7, 11) is 3.19. The standard InChI is InChI=1S/C9H10N2O3/c1-11-8(12)5-14-6-3-4-7(13-2)10-9(6)11/h3-4H,5H2,1-2H3. The van der Waals surface area contributed by atoms with Crippen LogP contribution in [0.2, 0.25) is 0 Å². The first-order chi connectivity index (χ1) is 6.72. The van der Waals surface area contributed by atoms with E-state index in [1.54, 1.807) is 19.2 Å². The number of hydrogen-bond donors (Lipinski definition) is 0. The van der Waals surface area contributed by atoms with Crippen molar-refractivity contribution >= 4 is 11.7 Å². The average Bonchev–Trinajstić information content (AvgIpc) is 2.23. The zero-order chi connectivity index (χ0) is 10.1. The average molecular weight is 194 g/mol. The molecule has 0 atom stereocenters. The fourth-order valence-corrected chi connectivity index (χ4v) is 1.24. The van der Waals surface area contributed by atoms with Crippen LogP contribution < -0.4 is 14.4 Å². The minimum absolute atomic E-state index is 0.0670. The maximum absolute atomic E-state index is 11.3. The van der Waals surface area contributed by atoms with Crippen molar-refractivity contribution in [2.75, 3.05) is 25.7 Å². The molecule has 5 heteroatoms. The van der Waals surface area contributed by atoms with Gasteiger partial charge in [-0.15, -0.1) is 0 Å². The first-order valence-corrected chi connectivity index (χ1v) is 4.17. The van der Waals surface area contributed by atoms with Crippen LogP contribution in [0.4, 0.5) is 5.82 Å². The highest BCUT2D eigenvalue weighted by Gasteiger charge is 2.23. The van der Waals surface area contributed by atoms with Crippen molar-refractivity contribution in [1.29, 1.82) is 0 Å². The molecule has 1 aliphatic heterocycles. The lowest BCUT2D eigenvalue weighted by Gasteiger charge is -2.24. The van der Waals surface area contributed by atoms with E-state index in [1.165, 1.54) is 12.0 Å². The summed E-state index contributed by atoms with van der Waals surface area (Å²) >= 11 is 0. The molecule has 1 aromatic rings. The Balaban J connectivity index is 2.46. The summed E-state index contributed by atoms with van der Waals surface area (Å²) in [5.74, 6) is 1.46. The lowest BCUT2D eigenvalue weighted by atomic mass is 10.3. The van der Waals surface area contributed by atoms with Crippen LogP contribution in [0.5, 0.6) is 11.6 Å². The zero-order valence-corrected chi connectivity index (χ0v) is 7.98. The van der Waals surface area contributed by atoms with Gasteiger partial charge in [-0.1, -0.05) is 0 Å². The van der Waals surface area contributed by atoms with Gasteiger partial charge in [0.15, 0.2) is 18.2 Å². The van der Waals surface area contributed by atoms with Gasteiger partial charge < -0.3 is 9.47 Å². The van der Waals surface area contributed by atoms with Crippen molar-refractivity contribution in [3.8, 4) is 11.6 Å². The third-order valence-electron chi connectivity index (χ3n) is 2.07. The first kappa shape index (κ1) is 8.80. The summed E-state index contributed by atoms with van der Waals surface area (Å²) in [4.78, 5) is 16.9. The number of fused-ring (bicyclic) bond motifs is 1. The molecule has 1 aliphatic rings. The number of ether oxygens (including phenoxy) is 2. The fourth-order valence-electron chi connectivity index (χ4n) is 1.24. The largest absolute Gasteiger partial charge is 0.481 e. The molecule has 0 aliphatic carbocycles. The van der Waals surface area contributed by atoms with Crippen LogP contribution in [0.1, 0.15) is 0 Å². The zero-order valence-electron chi connectivity index (χ0n) is 7.98. The highest BCUT2D eigenvalue weighted by Crippen LogP contribution is 2.30. The number of methoxy groups -OCH3 is 1. The maximum Gasteiger partial charge on any atom is 0.265 e. The van der Waals surface area contributed by atoms with Gasteiger partial charge >= 0.3 is 0 Å². The van der Waals surface area contributed by atoms with E-state index in [0.717, 1.165) is 0 Å². The van der Waals surface area contributed by atoms with Crippen molar-refractivity contribution in [2.24, 2.45) is 0 Å². The normalized spacial score (nSPS) is 14.7. The predicted molar refractivity (Wildman–Crippen MR) is 49.7 cm³/mol. The number of aromatic nitrogens is 1. The molecule has 0 radical (unpaired) electrons. The number of carbonyl (C=O) groups is 1. The summed E-state index contributed by atoms with van der Waals surface area (Å²) in [6.45, 7) is 0.0670. The smallest absolute Gasteiger partial charge is 0.265 e. The summed E-state index contributed by atoms with van der Waals surface area (Å²) < 4.78 is 10.2. The number of nitrogens with zero attached hydrogens (tertiary/aromatic N) is 2. The van der Waals surface area contributed by atoms with Crippen LogP contribution in [0.25, 0.3) is 0 Å². The number of anilines is 1. The Labute approximate surface area is 81.3 Å². The van der Waals surface area contributed by atoms with E-state index >= 15 is 0 Å². The lowest BCUT2D eigenvalue weighted by molar-refractivity contribution is -0.121. The Morgan fingerprint density at radius 3 is 3.07 bits per heavy atom. The topological polar surface area (TPSA) is 51.7 Å². The van der Waals surface area contributed by atoms with Crippen molar-refractivity contribution in [1.82, 2.24) is 4.98 Å². The summed E-state index contributed by atoms with van der Waals surface area (Å²) in [6.07, 6.45) is 0. The minimum Gasteiger partial charge on any atom is -0.481 e. The van der Waals surface area contributed by atoms with Gasteiger partial charge in [0.25, 0.3) is 5.91 Å². The van der Waals surface area contributed by atoms with Crippen molar-refractivity contribution in [3.05, 3.63) is 12.1 Å². The van der Waals surface area contributed by atoms with E-state index in [2.05, 4.69) is 4.98 Å². The molecule has 0 spiro atoms. The van der Waals surface area contributed by atoms with Crippen LogP contribution in [0.15, 0.2) is 12.1 Å². The number of rotatable bonds is 1. The van der Waals surface area contributed by atoms with Crippen LogP contribution >= 0.6 is 0 Å². The van der Waals surface area contributed by atoms with E-state index in [4.69, 9.17) is 9.47 Å². The van der Waals surface area contributed by atoms with Crippen LogP contribution in [-0.4, -0.2) is 31.7 Å². The van der Waals surface area contributed by atoms with Crippen molar-refractivity contribution < 1.29 is 14.3 Å². The second-order valence-electron chi connectivity index (χ2n) is 2.92. The molecule has 2 heterocycles. The first-order valence-electron chi connectivity index (χ1n) is 4.17. The fraction of sp³-hybridized carbons (Fsp3) is 0.333. The summed E-state index contributed by atoms with van der Waals surface area (Å²) in [6, 6.07) is 3.44. The molecule has 5 nitrogen and oxygen atoms in total. The summed E-state index contributed by atoms with van der Waals surface area (Å²) in [5.41, 5.74) is 0. The molecule has 14 heavy (non-hydrogen) atoms. The summed E-state index contributed by atoms with van der Waals surface area (Å²) in [5, 5.41) is 0. The van der Waals surface area contributed by atoms with Crippen molar-refractivity contribution in [2.45, 2.75) is 0 Å². The minimum atomic E-state index is -0.113. The number of pyridine rings is 1. The second kappa shape index (κ2) is 3.17. The molecule has 1 amide bonds. The van der Waals surface area contributed by atoms with Gasteiger partial charge in [0.05, 0.1) is 7.11 Å². The number of likely N-dealkylation sites (N-methyl/N-ethyl adjacent to an activating group) is 1. The van der Waals surface area contributed by atoms with E-state index in [-0.39, 0.29) is 12.5 Å². The lowest BCUT2D eigenvalue weighted by Crippen LogP contribution is -2.36. The second-order valence-corrected chi connectivity index (χ2v) is 2.92. The number of hydrogen-bond acceptors (Lipinski definition) is 4. The Morgan fingerprint density at radius 1 is 1.57 bits per heavy atom. The Bertz CT molecular complexity index is 378. The highest BCUT2D eigenvalue weighted by molar-refractivity contribution is 5.96. The molecule has 0 N–H and O–H groups in total. The van der Waals surface area contributed by atoms with Gasteiger partial charge in [-0.25, -0.2) is 0 Å². The van der Waals surface area contributed by atoms with Gasteiger partial charge in [0.1, 0.15) is 0 Å². The van der Waals surface area contributed by atoms with Crippen LogP contribution in [0.3, 0.4) is 0 Å². The van der Waals surface area contributed by atoms with E-state index in [1.807, 2.05) is 0 Å². The third-order valence-corrected chi connectivity index (χ3v) is 2.07. The Kier molecular flexibility index (Phi) is 1.99. The molecule has 74 valence electrons. The third kappa shape index (κ3) is 1.26. The van der Waals surface area contributed by atoms with Gasteiger partial charge in [0, 0.05) is 13.1 Å². The van der Waals surface area contributed by atoms with Gasteiger partial charge in [-0.3, -0.25) is 9.69 Å². The maximum atomic E-state index is 11.3. The molecule has 0 bridgehead atoms.